The summed E-state index contributed by atoms with van der Waals surface area (Å²) in [6.07, 6.45) is 5.21. The first kappa shape index (κ1) is 23.4. The minimum Gasteiger partial charge on any atom is -0.485 e. The number of pyridine rings is 1. The smallest absolute Gasteiger partial charge is 0.230 e. The van der Waals surface area contributed by atoms with E-state index in [0.29, 0.717) is 28.3 Å². The average molecular weight is 536 g/mol. The summed E-state index contributed by atoms with van der Waals surface area (Å²) in [6, 6.07) is 19.3. The third-order valence-corrected chi connectivity index (χ3v) is 7.02. The maximum absolute atomic E-state index is 6.45. The summed E-state index contributed by atoms with van der Waals surface area (Å²) < 4.78 is 15.9. The van der Waals surface area contributed by atoms with Crippen LogP contribution in [0.2, 0.25) is 5.02 Å². The molecule has 0 amide bonds. The van der Waals surface area contributed by atoms with Crippen LogP contribution < -0.4 is 9.47 Å². The van der Waals surface area contributed by atoms with Crippen LogP contribution in [0.5, 0.6) is 17.5 Å². The van der Waals surface area contributed by atoms with Crippen LogP contribution in [-0.2, 0) is 6.61 Å². The van der Waals surface area contributed by atoms with Crippen molar-refractivity contribution in [2.75, 3.05) is 0 Å². The molecule has 1 aliphatic heterocycles. The first-order valence-corrected chi connectivity index (χ1v) is 12.8. The molecule has 5 heterocycles. The molecule has 39 heavy (non-hydrogen) atoms. The molecule has 0 N–H and O–H groups in total. The van der Waals surface area contributed by atoms with E-state index in [9.17, 15) is 0 Å². The Hall–Kier alpha value is -4.76. The second kappa shape index (κ2) is 9.21. The molecule has 10 heteroatoms. The van der Waals surface area contributed by atoms with Gasteiger partial charge in [-0.25, -0.2) is 19.2 Å². The molecule has 1 aliphatic rings. The van der Waals surface area contributed by atoms with E-state index < -0.39 is 0 Å². The number of aromatic nitrogens is 7. The van der Waals surface area contributed by atoms with Crippen LogP contribution in [0.25, 0.3) is 11.3 Å². The summed E-state index contributed by atoms with van der Waals surface area (Å²) in [5.74, 6) is 2.06. The van der Waals surface area contributed by atoms with Crippen molar-refractivity contribution in [2.24, 2.45) is 0 Å². The summed E-state index contributed by atoms with van der Waals surface area (Å²) in [5.41, 5.74) is 5.96. The van der Waals surface area contributed by atoms with E-state index >= 15 is 0 Å². The molecular formula is C29H22ClN7O2. The summed E-state index contributed by atoms with van der Waals surface area (Å²) in [6.45, 7) is 4.19. The van der Waals surface area contributed by atoms with Gasteiger partial charge >= 0.3 is 0 Å². The maximum atomic E-state index is 6.45. The monoisotopic (exact) mass is 535 g/mol. The molecule has 7 rings (SSSR count). The van der Waals surface area contributed by atoms with Gasteiger partial charge in [-0.05, 0) is 55.3 Å². The van der Waals surface area contributed by atoms with Crippen LogP contribution in [0.4, 0.5) is 0 Å². The number of nitrogens with zero attached hydrogens (tertiary/aromatic N) is 7. The maximum Gasteiger partial charge on any atom is 0.230 e. The fraction of sp³-hybridized carbons (Fsp3) is 0.138. The Morgan fingerprint density at radius 2 is 1.90 bits per heavy atom. The zero-order chi connectivity index (χ0) is 26.5. The molecule has 0 fully saturated rings. The fourth-order valence-electron chi connectivity index (χ4n) is 5.01. The molecule has 0 bridgehead atoms. The average Bonchev–Trinajstić information content (AvgIpc) is 3.52. The molecule has 0 aliphatic carbocycles. The Morgan fingerprint density at radius 1 is 1.00 bits per heavy atom. The Balaban J connectivity index is 1.37. The van der Waals surface area contributed by atoms with E-state index in [4.69, 9.17) is 31.2 Å². The lowest BCUT2D eigenvalue weighted by Gasteiger charge is -2.26. The molecule has 2 aromatic carbocycles. The number of aryl methyl sites for hydroxylation is 2. The topological polar surface area (TPSA) is 92.3 Å². The van der Waals surface area contributed by atoms with Gasteiger partial charge in [0.25, 0.3) is 0 Å². The van der Waals surface area contributed by atoms with Crippen LogP contribution in [0.15, 0.2) is 79.4 Å². The van der Waals surface area contributed by atoms with Gasteiger partial charge < -0.3 is 9.47 Å². The molecule has 0 radical (unpaired) electrons. The van der Waals surface area contributed by atoms with Gasteiger partial charge in [0.2, 0.25) is 11.8 Å². The molecule has 9 nitrogen and oxygen atoms in total. The van der Waals surface area contributed by atoms with Crippen molar-refractivity contribution in [1.82, 2.24) is 34.3 Å². The van der Waals surface area contributed by atoms with Crippen molar-refractivity contribution in [1.29, 1.82) is 0 Å². The van der Waals surface area contributed by atoms with Crippen LogP contribution in [0.3, 0.4) is 0 Å². The van der Waals surface area contributed by atoms with E-state index in [1.54, 1.807) is 21.7 Å². The van der Waals surface area contributed by atoms with Crippen molar-refractivity contribution < 1.29 is 9.47 Å². The zero-order valence-corrected chi connectivity index (χ0v) is 21.9. The number of hydrogen-bond acceptors (Lipinski definition) is 7. The Kier molecular flexibility index (Phi) is 5.52. The van der Waals surface area contributed by atoms with Crippen molar-refractivity contribution >= 4 is 17.2 Å². The number of benzene rings is 2. The largest absolute Gasteiger partial charge is 0.485 e. The van der Waals surface area contributed by atoms with Crippen LogP contribution >= 0.6 is 11.6 Å². The molecule has 0 saturated carbocycles. The number of para-hydroxylation sites is 1. The predicted octanol–water partition coefficient (Wildman–Crippen LogP) is 5.84. The lowest BCUT2D eigenvalue weighted by molar-refractivity contribution is 0.294. The van der Waals surface area contributed by atoms with E-state index in [1.165, 1.54) is 0 Å². The molecule has 6 aromatic rings. The van der Waals surface area contributed by atoms with Gasteiger partial charge in [-0.3, -0.25) is 4.98 Å². The molecule has 4 aromatic heterocycles. The minimum absolute atomic E-state index is 0.219. The highest BCUT2D eigenvalue weighted by Gasteiger charge is 2.38. The third kappa shape index (κ3) is 3.98. The number of rotatable bonds is 5. The molecular weight excluding hydrogens is 514 g/mol. The number of halogens is 1. The van der Waals surface area contributed by atoms with Crippen molar-refractivity contribution in [3.05, 3.63) is 118 Å². The first-order valence-electron chi connectivity index (χ1n) is 12.4. The quantitative estimate of drug-likeness (QED) is 0.273. The van der Waals surface area contributed by atoms with E-state index in [-0.39, 0.29) is 12.5 Å². The predicted molar refractivity (Wildman–Crippen MR) is 145 cm³/mol. The molecule has 192 valence electrons. The number of ether oxygens (including phenoxy) is 2. The number of hydrogen-bond donors (Lipinski definition) is 0. The second-order valence-corrected chi connectivity index (χ2v) is 9.77. The molecule has 1 atom stereocenters. The standard InChI is InChI=1S/C29H22ClN7O2/c1-17-7-3-4-11-22(17)38-15-23-33-27-26-25(19-8-6-12-31-14-19)24-18(2)34-37(21-10-5-9-20(30)13-21)29(24)39-28(26)32-16-36(27)35-23/h3-14,16,25H,15H2,1-2H3/t25-/m0/s1. The summed E-state index contributed by atoms with van der Waals surface area (Å²) >= 11 is 6.30. The molecule has 0 spiro atoms. The SMILES string of the molecule is Cc1ccccc1OCc1nc2c3c(ncn2n1)Oc1c(c(C)nn1-c1cccc(Cl)c1)[C@@H]3c1cccnc1. The Labute approximate surface area is 228 Å². The molecule has 0 saturated heterocycles. The first-order chi connectivity index (χ1) is 19.1. The van der Waals surface area contributed by atoms with Crippen LogP contribution in [0, 0.1) is 13.8 Å². The van der Waals surface area contributed by atoms with E-state index in [0.717, 1.165) is 39.4 Å². The highest BCUT2D eigenvalue weighted by Crippen LogP contribution is 2.49. The van der Waals surface area contributed by atoms with Gasteiger partial charge in [0.15, 0.2) is 11.5 Å². The number of fused-ring (bicyclic) bond motifs is 4. The van der Waals surface area contributed by atoms with Crippen molar-refractivity contribution in [3.8, 4) is 23.2 Å². The van der Waals surface area contributed by atoms with Gasteiger partial charge in [-0.15, -0.1) is 5.10 Å². The highest BCUT2D eigenvalue weighted by atomic mass is 35.5. The normalized spacial score (nSPS) is 14.1. The summed E-state index contributed by atoms with van der Waals surface area (Å²) in [7, 11) is 0. The molecule has 0 unspecified atom stereocenters. The van der Waals surface area contributed by atoms with E-state index in [1.807, 2.05) is 80.7 Å². The Morgan fingerprint density at radius 3 is 2.72 bits per heavy atom. The second-order valence-electron chi connectivity index (χ2n) is 9.33. The van der Waals surface area contributed by atoms with Crippen LogP contribution in [-0.4, -0.2) is 34.3 Å². The van der Waals surface area contributed by atoms with Gasteiger partial charge in [0.1, 0.15) is 18.7 Å². The minimum atomic E-state index is -0.282. The zero-order valence-electron chi connectivity index (χ0n) is 21.1. The van der Waals surface area contributed by atoms with E-state index in [2.05, 4.69) is 15.1 Å². The highest BCUT2D eigenvalue weighted by molar-refractivity contribution is 6.30. The van der Waals surface area contributed by atoms with Gasteiger partial charge in [0, 0.05) is 17.4 Å². The van der Waals surface area contributed by atoms with Crippen molar-refractivity contribution in [3.63, 3.8) is 0 Å². The summed E-state index contributed by atoms with van der Waals surface area (Å²) in [5, 5.41) is 10.1. The van der Waals surface area contributed by atoms with Gasteiger partial charge in [-0.2, -0.15) is 5.10 Å². The fourth-order valence-corrected chi connectivity index (χ4v) is 5.19. The lowest BCUT2D eigenvalue weighted by Crippen LogP contribution is -2.16. The lowest BCUT2D eigenvalue weighted by atomic mass is 9.85. The van der Waals surface area contributed by atoms with Crippen LogP contribution in [0.1, 0.15) is 39.7 Å². The summed E-state index contributed by atoms with van der Waals surface area (Å²) in [4.78, 5) is 13.9. The van der Waals surface area contributed by atoms with Gasteiger partial charge in [-0.1, -0.05) is 41.9 Å². The van der Waals surface area contributed by atoms with Gasteiger partial charge in [0.05, 0.1) is 28.4 Å². The Bertz CT molecular complexity index is 1850. The third-order valence-electron chi connectivity index (χ3n) is 6.78. The van der Waals surface area contributed by atoms with Crippen molar-refractivity contribution in [2.45, 2.75) is 26.4 Å².